The smallest absolute Gasteiger partial charge is 0.310 e. The van der Waals surface area contributed by atoms with Crippen LogP contribution in [-0.2, 0) is 38.0 Å². The Balaban J connectivity index is 1.78. The Hall–Kier alpha value is -2.80. The fraction of sp³-hybridized carbons (Fsp3) is 0.789. The van der Waals surface area contributed by atoms with Crippen molar-refractivity contribution in [1.29, 1.82) is 0 Å². The summed E-state index contributed by atoms with van der Waals surface area (Å²) in [6.45, 7) is 2.39. The molecule has 15 nitrogen and oxygen atoms in total. The minimum Gasteiger partial charge on any atom is -0.462 e. The van der Waals surface area contributed by atoms with E-state index < -0.39 is 99.3 Å². The van der Waals surface area contributed by atoms with Crippen molar-refractivity contribution in [2.75, 3.05) is 26.4 Å². The average molecular weight is 1020 g/mol. The zero-order chi connectivity index (χ0) is 52.4. The Bertz CT molecular complexity index is 1480. The van der Waals surface area contributed by atoms with Gasteiger partial charge in [0.15, 0.2) is 18.7 Å². The molecule has 72 heavy (non-hydrogen) atoms. The van der Waals surface area contributed by atoms with Gasteiger partial charge < -0.3 is 64.2 Å². The van der Waals surface area contributed by atoms with Gasteiger partial charge in [0.2, 0.25) is 0 Å². The number of esters is 2. The minimum absolute atomic E-state index is 0.0672. The first-order valence-electron chi connectivity index (χ1n) is 27.9. The quantitative estimate of drug-likeness (QED) is 0.0172. The fourth-order valence-electron chi connectivity index (χ4n) is 8.53. The van der Waals surface area contributed by atoms with Crippen LogP contribution in [0.25, 0.3) is 0 Å². The van der Waals surface area contributed by atoms with E-state index in [0.717, 1.165) is 44.9 Å². The SMILES string of the molecule is CC/C=C\C/C=C\C/C=C\C/C=C\C/C=C\CC(=O)OC(COC(=O)CCCCCCCCCCCCCCCCCCCCCCC)COC1OC(COC2OC(CO)C(O)C(O)C2O)C(O)C(O)C1O. The van der Waals surface area contributed by atoms with Crippen LogP contribution in [0, 0.1) is 0 Å². The predicted octanol–water partition coefficient (Wildman–Crippen LogP) is 8.83. The standard InChI is InChI=1S/C57H98O15/c1-3-5-7-9-11-13-15-17-19-20-21-22-23-24-26-27-29-31-33-35-37-39-48(59)67-42-45(70-49(60)40-38-36-34-32-30-28-25-18-16-14-12-10-8-6-4-2)43-68-56-55(66)53(64)51(62)47(72-56)44-69-57-54(65)52(63)50(61)46(41-58)71-57/h6,8,12,14,18,25,30,32,36,38,45-47,50-58,61-66H,3-5,7,9-11,13,15-17,19-24,26-29,31,33-35,37,39-44H2,1-2H3/b8-6-,14-12-,25-18-,32-30-,38-36-. The molecule has 416 valence electrons. The highest BCUT2D eigenvalue weighted by atomic mass is 16.7. The van der Waals surface area contributed by atoms with Gasteiger partial charge in [0.05, 0.1) is 26.2 Å². The molecule has 11 atom stereocenters. The Morgan fingerprint density at radius 1 is 0.458 bits per heavy atom. The number of unbranched alkanes of at least 4 members (excludes halogenated alkanes) is 20. The van der Waals surface area contributed by atoms with Crippen molar-refractivity contribution in [2.45, 2.75) is 261 Å². The van der Waals surface area contributed by atoms with Gasteiger partial charge in [-0.15, -0.1) is 0 Å². The minimum atomic E-state index is -1.78. The molecule has 0 aliphatic carbocycles. The molecule has 2 heterocycles. The maximum atomic E-state index is 13.0. The number of hydrogen-bond acceptors (Lipinski definition) is 15. The molecule has 0 spiro atoms. The molecule has 2 aliphatic rings. The average Bonchev–Trinajstić information content (AvgIpc) is 3.37. The maximum absolute atomic E-state index is 13.0. The van der Waals surface area contributed by atoms with Crippen LogP contribution in [0.5, 0.6) is 0 Å². The van der Waals surface area contributed by atoms with Crippen molar-refractivity contribution in [3.05, 3.63) is 60.8 Å². The van der Waals surface area contributed by atoms with Crippen LogP contribution in [0.2, 0.25) is 0 Å². The van der Waals surface area contributed by atoms with Gasteiger partial charge in [-0.05, 0) is 38.5 Å². The Morgan fingerprint density at radius 3 is 1.32 bits per heavy atom. The van der Waals surface area contributed by atoms with Gasteiger partial charge in [0.25, 0.3) is 0 Å². The van der Waals surface area contributed by atoms with Crippen molar-refractivity contribution in [2.24, 2.45) is 0 Å². The lowest BCUT2D eigenvalue weighted by Gasteiger charge is -2.42. The second-order valence-corrected chi connectivity index (χ2v) is 19.4. The molecule has 2 aliphatic heterocycles. The van der Waals surface area contributed by atoms with Crippen LogP contribution in [0.1, 0.15) is 194 Å². The van der Waals surface area contributed by atoms with Crippen molar-refractivity contribution >= 4 is 11.9 Å². The third kappa shape index (κ3) is 30.5. The van der Waals surface area contributed by atoms with E-state index in [2.05, 4.69) is 50.3 Å². The van der Waals surface area contributed by atoms with E-state index in [4.69, 9.17) is 28.4 Å². The van der Waals surface area contributed by atoms with Gasteiger partial charge in [-0.2, -0.15) is 0 Å². The van der Waals surface area contributed by atoms with Gasteiger partial charge >= 0.3 is 11.9 Å². The highest BCUT2D eigenvalue weighted by Gasteiger charge is 2.47. The van der Waals surface area contributed by atoms with Gasteiger partial charge in [0, 0.05) is 6.42 Å². The van der Waals surface area contributed by atoms with E-state index in [1.165, 1.54) is 109 Å². The number of aliphatic hydroxyl groups excluding tert-OH is 7. The molecule has 2 fully saturated rings. The molecule has 0 radical (unpaired) electrons. The molecular weight excluding hydrogens is 925 g/mol. The summed E-state index contributed by atoms with van der Waals surface area (Å²) < 4.78 is 33.5. The lowest BCUT2D eigenvalue weighted by molar-refractivity contribution is -0.332. The molecule has 0 amide bonds. The lowest BCUT2D eigenvalue weighted by Crippen LogP contribution is -2.61. The van der Waals surface area contributed by atoms with Crippen LogP contribution >= 0.6 is 0 Å². The van der Waals surface area contributed by atoms with Gasteiger partial charge in [-0.1, -0.05) is 203 Å². The van der Waals surface area contributed by atoms with Crippen LogP contribution in [0.15, 0.2) is 60.8 Å². The number of hydrogen-bond donors (Lipinski definition) is 7. The summed E-state index contributed by atoms with van der Waals surface area (Å²) in [6, 6.07) is 0. The molecule has 15 heteroatoms. The zero-order valence-electron chi connectivity index (χ0n) is 44.1. The number of aliphatic hydroxyl groups is 7. The van der Waals surface area contributed by atoms with Crippen molar-refractivity contribution in [3.8, 4) is 0 Å². The summed E-state index contributed by atoms with van der Waals surface area (Å²) in [5, 5.41) is 72.2. The number of carbonyl (C=O) groups excluding carboxylic acids is 2. The first-order valence-corrected chi connectivity index (χ1v) is 27.9. The summed E-state index contributed by atoms with van der Waals surface area (Å²) in [5.41, 5.74) is 0. The molecule has 0 aromatic carbocycles. The van der Waals surface area contributed by atoms with Crippen LogP contribution in [0.3, 0.4) is 0 Å². The topological polar surface area (TPSA) is 231 Å². The maximum Gasteiger partial charge on any atom is 0.310 e. The van der Waals surface area contributed by atoms with Crippen molar-refractivity contribution < 1.29 is 73.8 Å². The number of allylic oxidation sites excluding steroid dienone is 9. The molecule has 0 aromatic rings. The highest BCUT2D eigenvalue weighted by molar-refractivity contribution is 5.71. The first-order chi connectivity index (χ1) is 35.0. The predicted molar refractivity (Wildman–Crippen MR) is 280 cm³/mol. The van der Waals surface area contributed by atoms with E-state index in [-0.39, 0.29) is 19.4 Å². The Kier molecular flexibility index (Phi) is 39.4. The van der Waals surface area contributed by atoms with E-state index in [1.807, 2.05) is 18.2 Å². The molecule has 0 saturated carbocycles. The third-order valence-electron chi connectivity index (χ3n) is 13.0. The monoisotopic (exact) mass is 1020 g/mol. The molecule has 7 N–H and O–H groups in total. The van der Waals surface area contributed by atoms with Crippen molar-refractivity contribution in [3.63, 3.8) is 0 Å². The highest BCUT2D eigenvalue weighted by Crippen LogP contribution is 2.26. The van der Waals surface area contributed by atoms with Crippen LogP contribution < -0.4 is 0 Å². The number of carbonyl (C=O) groups is 2. The lowest BCUT2D eigenvalue weighted by atomic mass is 9.98. The molecule has 11 unspecified atom stereocenters. The summed E-state index contributed by atoms with van der Waals surface area (Å²) in [4.78, 5) is 25.8. The summed E-state index contributed by atoms with van der Waals surface area (Å²) in [6.07, 6.45) is 34.3. The molecule has 2 rings (SSSR count). The van der Waals surface area contributed by atoms with Crippen LogP contribution in [0.4, 0.5) is 0 Å². The molecule has 2 saturated heterocycles. The normalized spacial score (nSPS) is 25.5. The third-order valence-corrected chi connectivity index (χ3v) is 13.0. The first kappa shape index (κ1) is 65.3. The van der Waals surface area contributed by atoms with Gasteiger partial charge in [-0.3, -0.25) is 9.59 Å². The van der Waals surface area contributed by atoms with Crippen molar-refractivity contribution in [1.82, 2.24) is 0 Å². The summed E-state index contributed by atoms with van der Waals surface area (Å²) in [7, 11) is 0. The second-order valence-electron chi connectivity index (χ2n) is 19.4. The van der Waals surface area contributed by atoms with Crippen LogP contribution in [-0.4, -0.2) is 142 Å². The number of ether oxygens (including phenoxy) is 6. The zero-order valence-corrected chi connectivity index (χ0v) is 44.1. The van der Waals surface area contributed by atoms with E-state index in [9.17, 15) is 45.3 Å². The summed E-state index contributed by atoms with van der Waals surface area (Å²) in [5.74, 6) is -1.07. The largest absolute Gasteiger partial charge is 0.462 e. The Morgan fingerprint density at radius 2 is 0.861 bits per heavy atom. The van der Waals surface area contributed by atoms with E-state index in [1.54, 1.807) is 6.08 Å². The van der Waals surface area contributed by atoms with Gasteiger partial charge in [0.1, 0.15) is 55.4 Å². The van der Waals surface area contributed by atoms with E-state index >= 15 is 0 Å². The summed E-state index contributed by atoms with van der Waals surface area (Å²) >= 11 is 0. The van der Waals surface area contributed by atoms with Gasteiger partial charge in [-0.25, -0.2) is 0 Å². The van der Waals surface area contributed by atoms with E-state index in [0.29, 0.717) is 12.8 Å². The fourth-order valence-corrected chi connectivity index (χ4v) is 8.53. The second kappa shape index (κ2) is 43.4. The number of rotatable bonds is 43. The Labute approximate surface area is 432 Å². The molecule has 0 bridgehead atoms. The molecular formula is C57H98O15. The molecule has 0 aromatic heterocycles.